The molecule has 124 valence electrons. The Morgan fingerprint density at radius 1 is 1.13 bits per heavy atom. The maximum atomic E-state index is 6.04. The van der Waals surface area contributed by atoms with Crippen molar-refractivity contribution in [3.63, 3.8) is 0 Å². The van der Waals surface area contributed by atoms with Crippen LogP contribution in [0.15, 0.2) is 36.7 Å². The number of nitrogens with zero attached hydrogens (tertiary/aromatic N) is 3. The molecule has 4 heteroatoms. The molecule has 0 bridgehead atoms. The summed E-state index contributed by atoms with van der Waals surface area (Å²) in [5.41, 5.74) is 8.57. The van der Waals surface area contributed by atoms with Gasteiger partial charge in [-0.1, -0.05) is 24.3 Å². The number of benzene rings is 1. The molecule has 1 aromatic heterocycles. The van der Waals surface area contributed by atoms with E-state index >= 15 is 0 Å². The summed E-state index contributed by atoms with van der Waals surface area (Å²) in [6.07, 6.45) is 8.57. The second kappa shape index (κ2) is 6.85. The Morgan fingerprint density at radius 2 is 1.78 bits per heavy atom. The van der Waals surface area contributed by atoms with Crippen molar-refractivity contribution in [1.82, 2.24) is 14.5 Å². The molecule has 4 nitrogen and oxygen atoms in total. The Morgan fingerprint density at radius 3 is 2.39 bits per heavy atom. The van der Waals surface area contributed by atoms with Gasteiger partial charge in [0.25, 0.3) is 0 Å². The van der Waals surface area contributed by atoms with Gasteiger partial charge in [0.15, 0.2) is 0 Å². The van der Waals surface area contributed by atoms with E-state index in [0.717, 1.165) is 31.5 Å². The molecule has 3 rings (SSSR count). The van der Waals surface area contributed by atoms with Gasteiger partial charge in [-0.3, -0.25) is 0 Å². The van der Waals surface area contributed by atoms with Crippen molar-refractivity contribution in [3.8, 4) is 11.4 Å². The number of rotatable bonds is 4. The van der Waals surface area contributed by atoms with Crippen LogP contribution in [-0.2, 0) is 0 Å². The highest BCUT2D eigenvalue weighted by atomic mass is 15.1. The molecule has 1 aliphatic carbocycles. The largest absolute Gasteiger partial charge is 0.328 e. The zero-order valence-corrected chi connectivity index (χ0v) is 14.4. The predicted molar refractivity (Wildman–Crippen MR) is 95.2 cm³/mol. The van der Waals surface area contributed by atoms with Gasteiger partial charge in [0.2, 0.25) is 0 Å². The Kier molecular flexibility index (Phi) is 4.83. The third-order valence-electron chi connectivity index (χ3n) is 5.23. The number of aromatic nitrogens is 2. The average molecular weight is 312 g/mol. The fraction of sp³-hybridized carbons (Fsp3) is 0.526. The van der Waals surface area contributed by atoms with E-state index in [1.807, 2.05) is 6.20 Å². The summed E-state index contributed by atoms with van der Waals surface area (Å²) in [4.78, 5) is 6.84. The number of nitrogens with two attached hydrogens (primary N) is 1. The van der Waals surface area contributed by atoms with E-state index in [9.17, 15) is 0 Å². The van der Waals surface area contributed by atoms with E-state index in [1.165, 1.54) is 11.1 Å². The zero-order chi connectivity index (χ0) is 16.4. The first-order valence-corrected chi connectivity index (χ1v) is 8.61. The smallest absolute Gasteiger partial charge is 0.140 e. The van der Waals surface area contributed by atoms with Crippen LogP contribution in [0.5, 0.6) is 0 Å². The first kappa shape index (κ1) is 16.2. The summed E-state index contributed by atoms with van der Waals surface area (Å²) < 4.78 is 2.34. The minimum absolute atomic E-state index is 0.380. The van der Waals surface area contributed by atoms with Gasteiger partial charge in [-0.05, 0) is 52.3 Å². The first-order chi connectivity index (χ1) is 11.1. The highest BCUT2D eigenvalue weighted by molar-refractivity contribution is 5.56. The van der Waals surface area contributed by atoms with Crippen molar-refractivity contribution in [2.45, 2.75) is 50.7 Å². The molecule has 1 aliphatic rings. The lowest BCUT2D eigenvalue weighted by atomic mass is 9.91. The van der Waals surface area contributed by atoms with Gasteiger partial charge in [0.1, 0.15) is 5.82 Å². The lowest BCUT2D eigenvalue weighted by Crippen LogP contribution is -2.27. The molecule has 2 aromatic rings. The Balaban J connectivity index is 1.81. The Labute approximate surface area is 139 Å². The van der Waals surface area contributed by atoms with E-state index in [0.29, 0.717) is 18.1 Å². The maximum absolute atomic E-state index is 6.04. The van der Waals surface area contributed by atoms with E-state index in [-0.39, 0.29) is 0 Å². The Hall–Kier alpha value is -1.65. The van der Waals surface area contributed by atoms with E-state index in [1.54, 1.807) is 0 Å². The average Bonchev–Trinajstić information content (AvgIpc) is 3.04. The normalized spacial score (nSPS) is 23.2. The quantitative estimate of drug-likeness (QED) is 0.938. The maximum Gasteiger partial charge on any atom is 0.140 e. The zero-order valence-electron chi connectivity index (χ0n) is 14.4. The van der Waals surface area contributed by atoms with Gasteiger partial charge in [-0.25, -0.2) is 4.98 Å². The van der Waals surface area contributed by atoms with Crippen molar-refractivity contribution in [1.29, 1.82) is 0 Å². The molecule has 23 heavy (non-hydrogen) atoms. The molecule has 0 saturated heterocycles. The predicted octanol–water partition coefficient (Wildman–Crippen LogP) is 3.62. The topological polar surface area (TPSA) is 47.1 Å². The summed E-state index contributed by atoms with van der Waals surface area (Å²) in [5.74, 6) is 1.08. The fourth-order valence-electron chi connectivity index (χ4n) is 3.42. The van der Waals surface area contributed by atoms with E-state index < -0.39 is 0 Å². The van der Waals surface area contributed by atoms with Crippen molar-refractivity contribution in [2.75, 3.05) is 14.1 Å². The van der Waals surface area contributed by atoms with Gasteiger partial charge in [-0.2, -0.15) is 0 Å². The highest BCUT2D eigenvalue weighted by Crippen LogP contribution is 2.32. The molecule has 0 aliphatic heterocycles. The van der Waals surface area contributed by atoms with E-state index in [2.05, 4.69) is 65.9 Å². The third-order valence-corrected chi connectivity index (χ3v) is 5.23. The van der Waals surface area contributed by atoms with Gasteiger partial charge >= 0.3 is 0 Å². The lowest BCUT2D eigenvalue weighted by molar-refractivity contribution is 0.321. The first-order valence-electron chi connectivity index (χ1n) is 8.61. The Bertz CT molecular complexity index is 621. The van der Waals surface area contributed by atoms with Gasteiger partial charge in [0.05, 0.1) is 0 Å². The van der Waals surface area contributed by atoms with Crippen LogP contribution in [0, 0.1) is 0 Å². The molecule has 0 radical (unpaired) electrons. The summed E-state index contributed by atoms with van der Waals surface area (Å²) >= 11 is 0. The second-order valence-corrected chi connectivity index (χ2v) is 6.99. The van der Waals surface area contributed by atoms with Crippen LogP contribution >= 0.6 is 0 Å². The summed E-state index contributed by atoms with van der Waals surface area (Å²) in [6, 6.07) is 10.2. The lowest BCUT2D eigenvalue weighted by Gasteiger charge is -2.28. The van der Waals surface area contributed by atoms with Crippen molar-refractivity contribution in [2.24, 2.45) is 5.73 Å². The number of hydrogen-bond donors (Lipinski definition) is 1. The van der Waals surface area contributed by atoms with Gasteiger partial charge in [0, 0.05) is 36.1 Å². The monoisotopic (exact) mass is 312 g/mol. The van der Waals surface area contributed by atoms with E-state index in [4.69, 9.17) is 5.73 Å². The minimum atomic E-state index is 0.380. The summed E-state index contributed by atoms with van der Waals surface area (Å²) in [5, 5.41) is 0. The van der Waals surface area contributed by atoms with Gasteiger partial charge in [-0.15, -0.1) is 0 Å². The second-order valence-electron chi connectivity index (χ2n) is 6.99. The number of hydrogen-bond acceptors (Lipinski definition) is 3. The van der Waals surface area contributed by atoms with Crippen LogP contribution in [0.2, 0.25) is 0 Å². The van der Waals surface area contributed by atoms with Crippen LogP contribution < -0.4 is 5.73 Å². The molecule has 1 aromatic carbocycles. The molecule has 1 unspecified atom stereocenters. The van der Waals surface area contributed by atoms with Crippen molar-refractivity contribution < 1.29 is 0 Å². The highest BCUT2D eigenvalue weighted by Gasteiger charge is 2.22. The molecule has 1 saturated carbocycles. The van der Waals surface area contributed by atoms with Crippen LogP contribution in [0.4, 0.5) is 0 Å². The number of imidazole rings is 1. The van der Waals surface area contributed by atoms with Crippen LogP contribution in [0.1, 0.15) is 50.3 Å². The molecule has 1 atom stereocenters. The summed E-state index contributed by atoms with van der Waals surface area (Å²) in [6.45, 7) is 2.22. The molecule has 0 amide bonds. The van der Waals surface area contributed by atoms with Gasteiger partial charge < -0.3 is 15.2 Å². The molecule has 1 fully saturated rings. The van der Waals surface area contributed by atoms with Crippen molar-refractivity contribution in [3.05, 3.63) is 42.2 Å². The minimum Gasteiger partial charge on any atom is -0.328 e. The summed E-state index contributed by atoms with van der Waals surface area (Å²) in [7, 11) is 4.22. The van der Waals surface area contributed by atoms with Crippen LogP contribution in [-0.4, -0.2) is 34.6 Å². The molecule has 2 N–H and O–H groups in total. The fourth-order valence-corrected chi connectivity index (χ4v) is 3.42. The van der Waals surface area contributed by atoms with Crippen LogP contribution in [0.25, 0.3) is 11.4 Å². The molecular weight excluding hydrogens is 284 g/mol. The third kappa shape index (κ3) is 3.48. The molecule has 0 spiro atoms. The molecule has 1 heterocycles. The standard InChI is InChI=1S/C19H28N4/c1-14(22(2)3)15-4-6-16(7-5-15)19-21-12-13-23(19)18-10-8-17(20)9-11-18/h4-7,12-14,17-18H,8-11,20H2,1-3H3. The SMILES string of the molecule is CC(c1ccc(-c2nccn2C2CCC(N)CC2)cc1)N(C)C. The molecular formula is C19H28N4. The van der Waals surface area contributed by atoms with Crippen LogP contribution in [0.3, 0.4) is 0 Å². The van der Waals surface area contributed by atoms with Crippen molar-refractivity contribution >= 4 is 0 Å².